The maximum atomic E-state index is 7.57. The molecule has 0 aliphatic heterocycles. The zero-order valence-corrected chi connectivity index (χ0v) is 5.86. The van der Waals surface area contributed by atoms with E-state index in [1.165, 1.54) is 0 Å². The van der Waals surface area contributed by atoms with Gasteiger partial charge in [0.2, 0.25) is 0 Å². The van der Waals surface area contributed by atoms with Crippen molar-refractivity contribution in [2.45, 2.75) is 14.4 Å². The number of hydrogen-bond donors (Lipinski definition) is 4. The molecule has 0 spiro atoms. The summed E-state index contributed by atoms with van der Waals surface area (Å²) in [6, 6.07) is 3.89. The highest BCUT2D eigenvalue weighted by Gasteiger charge is 1.55. The summed E-state index contributed by atoms with van der Waals surface area (Å²) < 4.78 is 0. The van der Waals surface area contributed by atoms with Crippen LogP contribution in [0.1, 0.15) is 14.4 Å². The number of hydrogen-bond acceptors (Lipinski definition) is 3. The van der Waals surface area contributed by atoms with Crippen LogP contribution in [-0.2, 0) is 0 Å². The molecule has 1 heterocycles. The fourth-order valence-electron chi connectivity index (χ4n) is 0.278. The molecule has 1 rings (SSSR count). The van der Waals surface area contributed by atoms with Crippen molar-refractivity contribution in [1.29, 1.82) is 0 Å². The molecule has 0 saturated carbocycles. The van der Waals surface area contributed by atoms with Crippen LogP contribution in [-0.4, -0.2) is 27.2 Å². The monoisotopic (exact) mass is 163 g/mol. The Hall–Kier alpha value is -0.840. The lowest BCUT2D eigenvalue weighted by molar-refractivity contribution is -0.176. The molecule has 4 N–H and O–H groups in total. The van der Waals surface area contributed by atoms with Gasteiger partial charge in [-0.2, -0.15) is 0 Å². The molecule has 0 aromatic carbocycles. The minimum absolute atomic E-state index is 0. The number of aliphatic hydroxyl groups excluding tert-OH is 1. The quantitative estimate of drug-likeness (QED) is 0.347. The average Bonchev–Trinajstić information content (AvgIpc) is 2.48. The Morgan fingerprint density at radius 3 is 1.55 bits per heavy atom. The van der Waals surface area contributed by atoms with Crippen molar-refractivity contribution in [3.05, 3.63) is 24.5 Å². The van der Waals surface area contributed by atoms with E-state index in [1.54, 1.807) is 6.92 Å². The van der Waals surface area contributed by atoms with Gasteiger partial charge in [-0.25, -0.2) is 0 Å². The van der Waals surface area contributed by atoms with Gasteiger partial charge in [0.1, 0.15) is 0 Å². The summed E-state index contributed by atoms with van der Waals surface area (Å²) >= 11 is 0. The summed E-state index contributed by atoms with van der Waals surface area (Å²) in [7, 11) is 0. The van der Waals surface area contributed by atoms with E-state index in [4.69, 9.17) is 15.6 Å². The third kappa shape index (κ3) is 27.1. The maximum absolute atomic E-state index is 7.57. The molecule has 1 aromatic rings. The molecule has 0 amide bonds. The molecule has 4 nitrogen and oxygen atoms in total. The first kappa shape index (κ1) is 16.6. The van der Waals surface area contributed by atoms with Gasteiger partial charge in [0, 0.05) is 19.0 Å². The smallest absolute Gasteiger partial charge is 0.0402 e. The average molecular weight is 163 g/mol. The van der Waals surface area contributed by atoms with E-state index >= 15 is 0 Å². The van der Waals surface area contributed by atoms with E-state index in [1.807, 2.05) is 24.5 Å². The van der Waals surface area contributed by atoms with Crippen LogP contribution in [0.15, 0.2) is 24.5 Å². The van der Waals surface area contributed by atoms with Crippen LogP contribution in [0.2, 0.25) is 0 Å². The molecule has 68 valence electrons. The van der Waals surface area contributed by atoms with Gasteiger partial charge in [0.25, 0.3) is 0 Å². The second-order valence-corrected chi connectivity index (χ2v) is 1.20. The first-order valence-electron chi connectivity index (χ1n) is 2.80. The minimum Gasteiger partial charge on any atom is -0.397 e. The normalized spacial score (nSPS) is 5.82. The van der Waals surface area contributed by atoms with Gasteiger partial charge < -0.3 is 10.1 Å². The minimum atomic E-state index is 0. The summed E-state index contributed by atoms with van der Waals surface area (Å²) in [5.41, 5.74) is 0. The van der Waals surface area contributed by atoms with E-state index in [0.29, 0.717) is 0 Å². The number of aliphatic hydroxyl groups is 1. The summed E-state index contributed by atoms with van der Waals surface area (Å²) in [6.45, 7) is 1.93. The fraction of sp³-hybridized carbons (Fsp3) is 0.429. The van der Waals surface area contributed by atoms with E-state index in [2.05, 4.69) is 4.98 Å². The Balaban J connectivity index is -0.0000000956. The number of aromatic nitrogens is 1. The Labute approximate surface area is 67.1 Å². The van der Waals surface area contributed by atoms with Crippen LogP contribution >= 0.6 is 0 Å². The molecular weight excluding hydrogens is 146 g/mol. The topological polar surface area (TPSA) is 76.5 Å². The van der Waals surface area contributed by atoms with Crippen molar-refractivity contribution in [2.75, 3.05) is 6.61 Å². The van der Waals surface area contributed by atoms with Crippen molar-refractivity contribution in [3.8, 4) is 0 Å². The molecule has 0 aliphatic carbocycles. The molecule has 0 radical (unpaired) electrons. The van der Waals surface area contributed by atoms with Crippen molar-refractivity contribution in [2.24, 2.45) is 0 Å². The van der Waals surface area contributed by atoms with E-state index in [-0.39, 0.29) is 14.0 Å². The first-order valence-corrected chi connectivity index (χ1v) is 2.80. The Bertz CT molecular complexity index is 80.6. The molecular formula is C7H17NO3. The molecule has 0 aliphatic rings. The van der Waals surface area contributed by atoms with Crippen LogP contribution in [0.4, 0.5) is 0 Å². The van der Waals surface area contributed by atoms with Gasteiger partial charge >= 0.3 is 0 Å². The van der Waals surface area contributed by atoms with E-state index in [0.717, 1.165) is 0 Å². The predicted octanol–water partition coefficient (Wildman–Crippen LogP) is 1.67. The lowest BCUT2D eigenvalue weighted by atomic mass is 10.7. The molecule has 11 heavy (non-hydrogen) atoms. The lowest BCUT2D eigenvalue weighted by Crippen LogP contribution is -1.57. The van der Waals surface area contributed by atoms with Crippen LogP contribution in [0.25, 0.3) is 0 Å². The molecule has 4 heteroatoms. The lowest BCUT2D eigenvalue weighted by Gasteiger charge is -1.52. The fourth-order valence-corrected chi connectivity index (χ4v) is 0.278. The summed E-state index contributed by atoms with van der Waals surface area (Å²) in [4.78, 5) is 2.86. The van der Waals surface area contributed by atoms with Crippen LogP contribution < -0.4 is 0 Å². The number of aromatic amines is 1. The van der Waals surface area contributed by atoms with Gasteiger partial charge in [-0.05, 0) is 19.1 Å². The highest BCUT2D eigenvalue weighted by atomic mass is 17.0. The number of rotatable bonds is 0. The van der Waals surface area contributed by atoms with Crippen molar-refractivity contribution in [1.82, 2.24) is 4.98 Å². The van der Waals surface area contributed by atoms with Gasteiger partial charge in [0.15, 0.2) is 0 Å². The SMILES string of the molecule is C.CCO.OO.c1cc[nH]c1. The third-order valence-corrected chi connectivity index (χ3v) is 0.496. The molecule has 0 fully saturated rings. The summed E-state index contributed by atoms with van der Waals surface area (Å²) in [5, 5.41) is 19.6. The Morgan fingerprint density at radius 1 is 1.18 bits per heavy atom. The molecule has 0 atom stereocenters. The largest absolute Gasteiger partial charge is 0.397 e. The summed E-state index contributed by atoms with van der Waals surface area (Å²) in [6.07, 6.45) is 3.75. The van der Waals surface area contributed by atoms with Gasteiger partial charge in [-0.15, -0.1) is 0 Å². The second-order valence-electron chi connectivity index (χ2n) is 1.20. The molecule has 0 unspecified atom stereocenters. The van der Waals surface area contributed by atoms with E-state index < -0.39 is 0 Å². The highest BCUT2D eigenvalue weighted by Crippen LogP contribution is 1.72. The Morgan fingerprint density at radius 2 is 1.45 bits per heavy atom. The zero-order valence-electron chi connectivity index (χ0n) is 5.86. The maximum Gasteiger partial charge on any atom is 0.0402 e. The third-order valence-electron chi connectivity index (χ3n) is 0.496. The van der Waals surface area contributed by atoms with Crippen LogP contribution in [0, 0.1) is 0 Å². The first-order chi connectivity index (χ1) is 4.91. The summed E-state index contributed by atoms with van der Waals surface area (Å²) in [5.74, 6) is 0. The van der Waals surface area contributed by atoms with Crippen molar-refractivity contribution in [3.63, 3.8) is 0 Å². The second kappa shape index (κ2) is 22.9. The molecule has 0 saturated heterocycles. The molecule has 0 bridgehead atoms. The standard InChI is InChI=1S/C4H5N.C2H6O.CH4.H2O2/c1-2-4-5-3-1;1-2-3;;1-2/h1-5H;3H,2H2,1H3;1H4;1-2H. The van der Waals surface area contributed by atoms with Crippen molar-refractivity contribution >= 4 is 0 Å². The number of H-pyrrole nitrogens is 1. The Kier molecular flexibility index (Phi) is 34.6. The van der Waals surface area contributed by atoms with Crippen LogP contribution in [0.3, 0.4) is 0 Å². The van der Waals surface area contributed by atoms with E-state index in [9.17, 15) is 0 Å². The van der Waals surface area contributed by atoms with Gasteiger partial charge in [-0.1, -0.05) is 7.43 Å². The van der Waals surface area contributed by atoms with Gasteiger partial charge in [-0.3, -0.25) is 10.5 Å². The molecule has 1 aromatic heterocycles. The highest BCUT2D eigenvalue weighted by molar-refractivity contribution is 4.84. The van der Waals surface area contributed by atoms with Crippen molar-refractivity contribution < 1.29 is 15.6 Å². The van der Waals surface area contributed by atoms with Gasteiger partial charge in [0.05, 0.1) is 0 Å². The zero-order chi connectivity index (χ0) is 8.24. The predicted molar refractivity (Wildman–Crippen MR) is 45.5 cm³/mol. The van der Waals surface area contributed by atoms with Crippen LogP contribution in [0.5, 0.6) is 0 Å². The number of nitrogens with one attached hydrogen (secondary N) is 1.